The summed E-state index contributed by atoms with van der Waals surface area (Å²) in [5, 5.41) is 3.03. The summed E-state index contributed by atoms with van der Waals surface area (Å²) in [5.74, 6) is 0.799. The molecule has 0 atom stereocenters. The zero-order valence-corrected chi connectivity index (χ0v) is 12.6. The third kappa shape index (κ3) is 3.98. The molecule has 0 amide bonds. The summed E-state index contributed by atoms with van der Waals surface area (Å²) in [7, 11) is 0.137. The predicted molar refractivity (Wildman–Crippen MR) is 77.4 cm³/mol. The molecule has 0 radical (unpaired) electrons. The number of rotatable bonds is 7. The van der Waals surface area contributed by atoms with Crippen LogP contribution >= 0.6 is 11.8 Å². The third-order valence-electron chi connectivity index (χ3n) is 2.62. The van der Waals surface area contributed by atoms with Crippen molar-refractivity contribution in [3.05, 3.63) is 29.8 Å². The average Bonchev–Trinajstić information content (AvgIpc) is 2.37. The molecule has 4 nitrogen and oxygen atoms in total. The molecule has 1 aromatic rings. The second kappa shape index (κ2) is 7.13. The van der Waals surface area contributed by atoms with E-state index in [-0.39, 0.29) is 0 Å². The van der Waals surface area contributed by atoms with Crippen molar-refractivity contribution >= 4 is 21.8 Å². The monoisotopic (exact) mass is 288 g/mol. The SMILES string of the molecule is CNCc1ccc(S(=O)(=O)N(C)CCSC)cc1. The van der Waals surface area contributed by atoms with Gasteiger partial charge in [0.1, 0.15) is 0 Å². The van der Waals surface area contributed by atoms with Gasteiger partial charge in [-0.05, 0) is 31.0 Å². The van der Waals surface area contributed by atoms with Crippen molar-refractivity contribution in [2.75, 3.05) is 32.6 Å². The summed E-state index contributed by atoms with van der Waals surface area (Å²) >= 11 is 1.64. The largest absolute Gasteiger partial charge is 0.316 e. The number of hydrogen-bond acceptors (Lipinski definition) is 4. The number of sulfonamides is 1. The van der Waals surface area contributed by atoms with Gasteiger partial charge in [0.25, 0.3) is 0 Å². The first-order valence-corrected chi connectivity index (χ1v) is 8.54. The lowest BCUT2D eigenvalue weighted by Crippen LogP contribution is -2.29. The number of nitrogens with one attached hydrogen (secondary N) is 1. The minimum absolute atomic E-state index is 0.353. The number of hydrogen-bond donors (Lipinski definition) is 1. The first kappa shape index (κ1) is 15.5. The van der Waals surface area contributed by atoms with Gasteiger partial charge in [0, 0.05) is 25.9 Å². The Morgan fingerprint density at radius 2 is 1.89 bits per heavy atom. The van der Waals surface area contributed by atoms with E-state index in [9.17, 15) is 8.42 Å². The predicted octanol–water partition coefficient (Wildman–Crippen LogP) is 1.39. The zero-order chi connectivity index (χ0) is 13.6. The molecule has 0 aliphatic heterocycles. The molecule has 18 heavy (non-hydrogen) atoms. The number of benzene rings is 1. The van der Waals surface area contributed by atoms with Crippen LogP contribution in [0.2, 0.25) is 0 Å². The van der Waals surface area contributed by atoms with Crippen LogP contribution in [0.25, 0.3) is 0 Å². The highest BCUT2D eigenvalue weighted by molar-refractivity contribution is 7.98. The van der Waals surface area contributed by atoms with Crippen molar-refractivity contribution in [3.8, 4) is 0 Å². The van der Waals surface area contributed by atoms with Crippen molar-refractivity contribution in [3.63, 3.8) is 0 Å². The van der Waals surface area contributed by atoms with E-state index < -0.39 is 10.0 Å². The molecule has 0 aliphatic rings. The van der Waals surface area contributed by atoms with Crippen molar-refractivity contribution in [2.24, 2.45) is 0 Å². The molecular formula is C12H20N2O2S2. The normalized spacial score (nSPS) is 12.0. The maximum atomic E-state index is 12.2. The average molecular weight is 288 g/mol. The maximum Gasteiger partial charge on any atom is 0.242 e. The fourth-order valence-electron chi connectivity index (χ4n) is 1.50. The van der Waals surface area contributed by atoms with Gasteiger partial charge < -0.3 is 5.32 Å². The van der Waals surface area contributed by atoms with Gasteiger partial charge in [0.15, 0.2) is 0 Å². The number of thioether (sulfide) groups is 1. The molecular weight excluding hydrogens is 268 g/mol. The van der Waals surface area contributed by atoms with Gasteiger partial charge in [-0.15, -0.1) is 0 Å². The van der Waals surface area contributed by atoms with Crippen LogP contribution in [0.5, 0.6) is 0 Å². The molecule has 0 saturated heterocycles. The molecule has 102 valence electrons. The topological polar surface area (TPSA) is 49.4 Å². The Hall–Kier alpha value is -0.560. The smallest absolute Gasteiger partial charge is 0.242 e. The first-order chi connectivity index (χ1) is 8.52. The Balaban J connectivity index is 2.84. The van der Waals surface area contributed by atoms with Crippen LogP contribution in [0, 0.1) is 0 Å². The standard InChI is InChI=1S/C12H20N2O2S2/c1-13-10-11-4-6-12(7-5-11)18(15,16)14(2)8-9-17-3/h4-7,13H,8-10H2,1-3H3. The van der Waals surface area contributed by atoms with E-state index in [0.29, 0.717) is 11.4 Å². The Labute approximate surface area is 114 Å². The van der Waals surface area contributed by atoms with Gasteiger partial charge in [0.2, 0.25) is 10.0 Å². The molecule has 0 saturated carbocycles. The van der Waals surface area contributed by atoms with E-state index in [1.807, 2.05) is 25.4 Å². The molecule has 0 aliphatic carbocycles. The zero-order valence-electron chi connectivity index (χ0n) is 11.0. The van der Waals surface area contributed by atoms with Gasteiger partial charge in [-0.2, -0.15) is 11.8 Å². The van der Waals surface area contributed by atoms with Gasteiger partial charge in [-0.3, -0.25) is 0 Å². The fraction of sp³-hybridized carbons (Fsp3) is 0.500. The molecule has 0 fully saturated rings. The molecule has 0 unspecified atom stereocenters. The van der Waals surface area contributed by atoms with Crippen LogP contribution < -0.4 is 5.32 Å². The number of nitrogens with zero attached hydrogens (tertiary/aromatic N) is 1. The summed E-state index contributed by atoms with van der Waals surface area (Å²) in [4.78, 5) is 0.353. The van der Waals surface area contributed by atoms with E-state index in [1.54, 1.807) is 30.9 Å². The third-order valence-corrected chi connectivity index (χ3v) is 5.08. The lowest BCUT2D eigenvalue weighted by molar-refractivity contribution is 0.488. The lowest BCUT2D eigenvalue weighted by atomic mass is 10.2. The summed E-state index contributed by atoms with van der Waals surface area (Å²) < 4.78 is 25.8. The van der Waals surface area contributed by atoms with Gasteiger partial charge >= 0.3 is 0 Å². The molecule has 0 bridgehead atoms. The van der Waals surface area contributed by atoms with Crippen molar-refractivity contribution < 1.29 is 8.42 Å². The van der Waals surface area contributed by atoms with Gasteiger partial charge in [0.05, 0.1) is 4.90 Å². The summed E-state index contributed by atoms with van der Waals surface area (Å²) in [5.41, 5.74) is 1.07. The fourth-order valence-corrected chi connectivity index (χ4v) is 3.25. The minimum atomic E-state index is -3.34. The summed E-state index contributed by atoms with van der Waals surface area (Å²) in [6.45, 7) is 1.27. The molecule has 1 N–H and O–H groups in total. The second-order valence-electron chi connectivity index (χ2n) is 3.99. The van der Waals surface area contributed by atoms with Crippen LogP contribution in [-0.2, 0) is 16.6 Å². The van der Waals surface area contributed by atoms with Crippen molar-refractivity contribution in [1.82, 2.24) is 9.62 Å². The molecule has 0 spiro atoms. The van der Waals surface area contributed by atoms with E-state index in [1.165, 1.54) is 4.31 Å². The Bertz CT molecular complexity index is 457. The highest BCUT2D eigenvalue weighted by atomic mass is 32.2. The van der Waals surface area contributed by atoms with E-state index >= 15 is 0 Å². The van der Waals surface area contributed by atoms with Crippen LogP contribution in [0.3, 0.4) is 0 Å². The second-order valence-corrected chi connectivity index (χ2v) is 7.02. The van der Waals surface area contributed by atoms with E-state index in [2.05, 4.69) is 5.32 Å². The van der Waals surface area contributed by atoms with Crippen molar-refractivity contribution in [1.29, 1.82) is 0 Å². The maximum absolute atomic E-state index is 12.2. The summed E-state index contributed by atoms with van der Waals surface area (Å²) in [6, 6.07) is 7.01. The van der Waals surface area contributed by atoms with Gasteiger partial charge in [-0.25, -0.2) is 12.7 Å². The van der Waals surface area contributed by atoms with Crippen LogP contribution in [0.15, 0.2) is 29.2 Å². The highest BCUT2D eigenvalue weighted by Crippen LogP contribution is 2.15. The Kier molecular flexibility index (Phi) is 6.14. The molecule has 1 aromatic carbocycles. The molecule has 6 heteroatoms. The minimum Gasteiger partial charge on any atom is -0.316 e. The first-order valence-electron chi connectivity index (χ1n) is 5.71. The highest BCUT2D eigenvalue weighted by Gasteiger charge is 2.19. The van der Waals surface area contributed by atoms with Crippen LogP contribution in [-0.4, -0.2) is 45.4 Å². The van der Waals surface area contributed by atoms with E-state index in [0.717, 1.165) is 17.9 Å². The van der Waals surface area contributed by atoms with Crippen LogP contribution in [0.1, 0.15) is 5.56 Å². The van der Waals surface area contributed by atoms with Crippen molar-refractivity contribution in [2.45, 2.75) is 11.4 Å². The van der Waals surface area contributed by atoms with E-state index in [4.69, 9.17) is 0 Å². The molecule has 1 rings (SSSR count). The Morgan fingerprint density at radius 1 is 1.28 bits per heavy atom. The summed E-state index contributed by atoms with van der Waals surface area (Å²) in [6.07, 6.45) is 1.97. The molecule has 0 heterocycles. The van der Waals surface area contributed by atoms with Crippen LogP contribution in [0.4, 0.5) is 0 Å². The Morgan fingerprint density at radius 3 is 2.39 bits per heavy atom. The van der Waals surface area contributed by atoms with Gasteiger partial charge in [-0.1, -0.05) is 12.1 Å². The molecule has 0 aromatic heterocycles. The lowest BCUT2D eigenvalue weighted by Gasteiger charge is -2.16. The quantitative estimate of drug-likeness (QED) is 0.824.